The molecule has 0 spiro atoms. The van der Waals surface area contributed by atoms with Gasteiger partial charge in [-0.2, -0.15) is 0 Å². The van der Waals surface area contributed by atoms with Crippen LogP contribution in [0.2, 0.25) is 0 Å². The van der Waals surface area contributed by atoms with Crippen LogP contribution in [0.3, 0.4) is 0 Å². The highest BCUT2D eigenvalue weighted by atomic mass is 16.2. The van der Waals surface area contributed by atoms with Crippen LogP contribution in [-0.4, -0.2) is 25.4 Å². The van der Waals surface area contributed by atoms with Crippen LogP contribution in [0.5, 0.6) is 0 Å². The Labute approximate surface area is 93.0 Å². The van der Waals surface area contributed by atoms with Gasteiger partial charge in [0, 0.05) is 18.4 Å². The highest BCUT2D eigenvalue weighted by Crippen LogP contribution is 2.15. The maximum Gasteiger partial charge on any atom is 0.253 e. The van der Waals surface area contributed by atoms with Crippen molar-refractivity contribution in [2.24, 2.45) is 0 Å². The number of carbonyl (C=O) groups excluding carboxylic acids is 2. The SMILES string of the molecule is CNC(=O)CNC(=O)c1ccc(N)cc1N. The fourth-order valence-corrected chi connectivity index (χ4v) is 1.13. The molecule has 1 aromatic rings. The molecule has 0 aromatic heterocycles. The quantitative estimate of drug-likeness (QED) is 0.508. The van der Waals surface area contributed by atoms with Gasteiger partial charge in [-0.3, -0.25) is 9.59 Å². The molecular formula is C10H14N4O2. The summed E-state index contributed by atoms with van der Waals surface area (Å²) in [6, 6.07) is 4.59. The predicted octanol–water partition coefficient (Wildman–Crippen LogP) is -0.673. The summed E-state index contributed by atoms with van der Waals surface area (Å²) < 4.78 is 0. The number of nitrogens with one attached hydrogen (secondary N) is 2. The molecule has 0 atom stereocenters. The molecule has 0 heterocycles. The van der Waals surface area contributed by atoms with Crippen LogP contribution < -0.4 is 22.1 Å². The normalized spacial score (nSPS) is 9.56. The summed E-state index contributed by atoms with van der Waals surface area (Å²) in [5.74, 6) is -0.677. The fraction of sp³-hybridized carbons (Fsp3) is 0.200. The van der Waals surface area contributed by atoms with E-state index in [-0.39, 0.29) is 18.1 Å². The first kappa shape index (κ1) is 11.8. The molecule has 0 unspecified atom stereocenters. The summed E-state index contributed by atoms with van der Waals surface area (Å²) in [7, 11) is 1.49. The highest BCUT2D eigenvalue weighted by Gasteiger charge is 2.10. The molecule has 0 saturated carbocycles. The molecule has 86 valence electrons. The van der Waals surface area contributed by atoms with Gasteiger partial charge in [-0.25, -0.2) is 0 Å². The van der Waals surface area contributed by atoms with Crippen LogP contribution in [0.4, 0.5) is 11.4 Å². The van der Waals surface area contributed by atoms with Gasteiger partial charge in [-0.05, 0) is 18.2 Å². The third kappa shape index (κ3) is 2.88. The Bertz CT molecular complexity index is 417. The molecule has 6 nitrogen and oxygen atoms in total. The third-order valence-electron chi connectivity index (χ3n) is 2.01. The van der Waals surface area contributed by atoms with E-state index in [1.54, 1.807) is 6.07 Å². The lowest BCUT2D eigenvalue weighted by Gasteiger charge is -2.07. The highest BCUT2D eigenvalue weighted by molar-refractivity contribution is 6.01. The predicted molar refractivity (Wildman–Crippen MR) is 61.7 cm³/mol. The molecule has 0 aliphatic rings. The minimum absolute atomic E-state index is 0.0842. The van der Waals surface area contributed by atoms with Crippen molar-refractivity contribution in [3.05, 3.63) is 23.8 Å². The van der Waals surface area contributed by atoms with Gasteiger partial charge in [0.2, 0.25) is 5.91 Å². The largest absolute Gasteiger partial charge is 0.399 e. The van der Waals surface area contributed by atoms with Crippen LogP contribution in [0.1, 0.15) is 10.4 Å². The lowest BCUT2D eigenvalue weighted by Crippen LogP contribution is -2.35. The van der Waals surface area contributed by atoms with Crippen LogP contribution in [0.15, 0.2) is 18.2 Å². The van der Waals surface area contributed by atoms with E-state index in [1.165, 1.54) is 19.2 Å². The van der Waals surface area contributed by atoms with E-state index in [9.17, 15) is 9.59 Å². The molecule has 6 N–H and O–H groups in total. The Morgan fingerprint density at radius 3 is 2.56 bits per heavy atom. The molecule has 0 aliphatic carbocycles. The van der Waals surface area contributed by atoms with Crippen LogP contribution in [-0.2, 0) is 4.79 Å². The number of hydrogen-bond donors (Lipinski definition) is 4. The minimum atomic E-state index is -0.402. The van der Waals surface area contributed by atoms with E-state index in [0.29, 0.717) is 11.3 Å². The Kier molecular flexibility index (Phi) is 3.71. The third-order valence-corrected chi connectivity index (χ3v) is 2.01. The van der Waals surface area contributed by atoms with Crippen molar-refractivity contribution < 1.29 is 9.59 Å². The van der Waals surface area contributed by atoms with E-state index in [4.69, 9.17) is 11.5 Å². The molecule has 1 rings (SSSR count). The van der Waals surface area contributed by atoms with E-state index >= 15 is 0 Å². The molecule has 0 saturated heterocycles. The number of nitrogen functional groups attached to an aromatic ring is 2. The zero-order valence-electron chi connectivity index (χ0n) is 8.91. The Hall–Kier alpha value is -2.24. The first-order valence-corrected chi connectivity index (χ1v) is 4.68. The monoisotopic (exact) mass is 222 g/mol. The lowest BCUT2D eigenvalue weighted by atomic mass is 10.1. The van der Waals surface area contributed by atoms with E-state index < -0.39 is 5.91 Å². The van der Waals surface area contributed by atoms with E-state index in [1.807, 2.05) is 0 Å². The summed E-state index contributed by atoms with van der Waals surface area (Å²) in [6.07, 6.45) is 0. The van der Waals surface area contributed by atoms with Crippen LogP contribution in [0, 0.1) is 0 Å². The second-order valence-corrected chi connectivity index (χ2v) is 3.20. The molecule has 16 heavy (non-hydrogen) atoms. The average molecular weight is 222 g/mol. The summed E-state index contributed by atoms with van der Waals surface area (Å²) >= 11 is 0. The van der Waals surface area contributed by atoms with Gasteiger partial charge in [0.15, 0.2) is 0 Å². The van der Waals surface area contributed by atoms with Gasteiger partial charge in [-0.15, -0.1) is 0 Å². The Morgan fingerprint density at radius 1 is 1.31 bits per heavy atom. The van der Waals surface area contributed by atoms with Crippen LogP contribution >= 0.6 is 0 Å². The van der Waals surface area contributed by atoms with Gasteiger partial charge in [0.25, 0.3) is 5.91 Å². The summed E-state index contributed by atoms with van der Waals surface area (Å²) in [6.45, 7) is -0.0842. The summed E-state index contributed by atoms with van der Waals surface area (Å²) in [5.41, 5.74) is 12.2. The van der Waals surface area contributed by atoms with E-state index in [2.05, 4.69) is 10.6 Å². The number of anilines is 2. The molecular weight excluding hydrogens is 208 g/mol. The van der Waals surface area contributed by atoms with Crippen molar-refractivity contribution in [3.63, 3.8) is 0 Å². The summed E-state index contributed by atoms with van der Waals surface area (Å²) in [5, 5.41) is 4.83. The van der Waals surface area contributed by atoms with Crippen molar-refractivity contribution in [2.75, 3.05) is 25.1 Å². The smallest absolute Gasteiger partial charge is 0.253 e. The number of nitrogens with two attached hydrogens (primary N) is 2. The number of carbonyl (C=O) groups is 2. The standard InChI is InChI=1S/C10H14N4O2/c1-13-9(15)5-14-10(16)7-3-2-6(11)4-8(7)12/h2-4H,5,11-12H2,1H3,(H,13,15)(H,14,16). The van der Waals surface area contributed by atoms with Gasteiger partial charge in [-0.1, -0.05) is 0 Å². The summed E-state index contributed by atoms with van der Waals surface area (Å²) in [4.78, 5) is 22.5. The second kappa shape index (κ2) is 5.01. The lowest BCUT2D eigenvalue weighted by molar-refractivity contribution is -0.119. The maximum absolute atomic E-state index is 11.6. The van der Waals surface area contributed by atoms with Crippen molar-refractivity contribution >= 4 is 23.2 Å². The molecule has 0 bridgehead atoms. The zero-order chi connectivity index (χ0) is 12.1. The van der Waals surface area contributed by atoms with Gasteiger partial charge in [0.1, 0.15) is 0 Å². The fourth-order valence-electron chi connectivity index (χ4n) is 1.13. The first-order valence-electron chi connectivity index (χ1n) is 4.68. The number of hydrogen-bond acceptors (Lipinski definition) is 4. The Balaban J connectivity index is 2.70. The molecule has 1 aromatic carbocycles. The molecule has 6 heteroatoms. The molecule has 0 aliphatic heterocycles. The van der Waals surface area contributed by atoms with Crippen molar-refractivity contribution in [1.29, 1.82) is 0 Å². The van der Waals surface area contributed by atoms with E-state index in [0.717, 1.165) is 0 Å². The molecule has 0 fully saturated rings. The first-order chi connectivity index (χ1) is 7.54. The van der Waals surface area contributed by atoms with Crippen molar-refractivity contribution in [1.82, 2.24) is 10.6 Å². The van der Waals surface area contributed by atoms with Crippen molar-refractivity contribution in [3.8, 4) is 0 Å². The topological polar surface area (TPSA) is 110 Å². The van der Waals surface area contributed by atoms with Crippen molar-refractivity contribution in [2.45, 2.75) is 0 Å². The molecule has 0 radical (unpaired) electrons. The maximum atomic E-state index is 11.6. The number of likely N-dealkylation sites (N-methyl/N-ethyl adjacent to an activating group) is 1. The number of rotatable bonds is 3. The second-order valence-electron chi connectivity index (χ2n) is 3.20. The zero-order valence-corrected chi connectivity index (χ0v) is 8.91. The number of benzene rings is 1. The van der Waals surface area contributed by atoms with Gasteiger partial charge < -0.3 is 22.1 Å². The minimum Gasteiger partial charge on any atom is -0.399 e. The van der Waals surface area contributed by atoms with Gasteiger partial charge >= 0.3 is 0 Å². The van der Waals surface area contributed by atoms with Crippen LogP contribution in [0.25, 0.3) is 0 Å². The van der Waals surface area contributed by atoms with Gasteiger partial charge in [0.05, 0.1) is 12.1 Å². The number of amides is 2. The average Bonchev–Trinajstić information content (AvgIpc) is 2.25. The molecule has 2 amide bonds. The Morgan fingerprint density at radius 2 is 2.00 bits per heavy atom.